The predicted octanol–water partition coefficient (Wildman–Crippen LogP) is 3.52. The van der Waals surface area contributed by atoms with Crippen molar-refractivity contribution in [3.05, 3.63) is 51.4 Å². The number of amides is 1. The minimum absolute atomic E-state index is 0.0556. The number of carbonyl (C=O) groups excluding carboxylic acids is 1. The molecule has 2 aromatic rings. The van der Waals surface area contributed by atoms with E-state index in [0.717, 1.165) is 22.5 Å². The van der Waals surface area contributed by atoms with Gasteiger partial charge in [-0.15, -0.1) is 0 Å². The predicted molar refractivity (Wildman–Crippen MR) is 106 cm³/mol. The maximum atomic E-state index is 12.7. The van der Waals surface area contributed by atoms with Crippen LogP contribution in [0.15, 0.2) is 34.2 Å². The molecule has 0 aliphatic carbocycles. The zero-order valence-corrected chi connectivity index (χ0v) is 16.7. The first-order chi connectivity index (χ1) is 12.1. The highest BCUT2D eigenvalue weighted by atomic mass is 32.2. The van der Waals surface area contributed by atoms with Gasteiger partial charge in [0.25, 0.3) is 5.56 Å². The van der Waals surface area contributed by atoms with E-state index in [2.05, 4.69) is 16.4 Å². The first kappa shape index (κ1) is 18.7. The van der Waals surface area contributed by atoms with Crippen molar-refractivity contribution in [3.63, 3.8) is 0 Å². The summed E-state index contributed by atoms with van der Waals surface area (Å²) in [5.41, 5.74) is 3.55. The van der Waals surface area contributed by atoms with E-state index in [1.807, 2.05) is 46.8 Å². The highest BCUT2D eigenvalue weighted by Gasteiger charge is 2.28. The Morgan fingerprint density at radius 2 is 1.85 bits per heavy atom. The van der Waals surface area contributed by atoms with E-state index in [-0.39, 0.29) is 22.8 Å². The summed E-state index contributed by atoms with van der Waals surface area (Å²) < 4.78 is 1.62. The SMILES string of the molecule is Cc1cc(C)cc(NC(=O)C2CSc3nc(C(C)(C)C)cc(=O)n3C2)c1. The standard InChI is InChI=1S/C20H25N3O2S/c1-12-6-13(2)8-15(7-12)21-18(25)14-10-23-17(24)9-16(20(3,4)5)22-19(23)26-11-14/h6-9,14H,10-11H2,1-5H3,(H,21,25). The average molecular weight is 372 g/mol. The molecule has 1 amide bonds. The lowest BCUT2D eigenvalue weighted by molar-refractivity contribution is -0.119. The Morgan fingerprint density at radius 1 is 1.19 bits per heavy atom. The maximum Gasteiger partial charge on any atom is 0.254 e. The van der Waals surface area contributed by atoms with E-state index in [9.17, 15) is 9.59 Å². The second-order valence-electron chi connectivity index (χ2n) is 8.00. The Balaban J connectivity index is 1.80. The molecule has 1 atom stereocenters. The van der Waals surface area contributed by atoms with E-state index < -0.39 is 0 Å². The molecule has 1 aromatic heterocycles. The van der Waals surface area contributed by atoms with Crippen molar-refractivity contribution in [2.45, 2.75) is 51.7 Å². The van der Waals surface area contributed by atoms with Crippen LogP contribution in [-0.2, 0) is 16.8 Å². The third-order valence-electron chi connectivity index (χ3n) is 4.42. The van der Waals surface area contributed by atoms with E-state index in [1.54, 1.807) is 10.6 Å². The molecule has 0 fully saturated rings. The van der Waals surface area contributed by atoms with Gasteiger partial charge in [-0.1, -0.05) is 38.6 Å². The summed E-state index contributed by atoms with van der Waals surface area (Å²) in [5.74, 6) is 0.310. The van der Waals surface area contributed by atoms with Gasteiger partial charge in [0.15, 0.2) is 5.16 Å². The summed E-state index contributed by atoms with van der Waals surface area (Å²) in [7, 11) is 0. The normalized spacial score (nSPS) is 16.9. The van der Waals surface area contributed by atoms with E-state index in [0.29, 0.717) is 17.5 Å². The molecule has 0 saturated heterocycles. The Morgan fingerprint density at radius 3 is 2.46 bits per heavy atom. The molecule has 5 nitrogen and oxygen atoms in total. The van der Waals surface area contributed by atoms with Crippen molar-refractivity contribution in [2.24, 2.45) is 5.92 Å². The van der Waals surface area contributed by atoms with Crippen LogP contribution in [0, 0.1) is 19.8 Å². The molecule has 0 radical (unpaired) electrons. The number of anilines is 1. The van der Waals surface area contributed by atoms with Gasteiger partial charge in [-0.3, -0.25) is 14.2 Å². The summed E-state index contributed by atoms with van der Waals surface area (Å²) in [6.45, 7) is 10.5. The van der Waals surface area contributed by atoms with Crippen LogP contribution in [0.3, 0.4) is 0 Å². The quantitative estimate of drug-likeness (QED) is 0.821. The number of aryl methyl sites for hydroxylation is 2. The zero-order valence-electron chi connectivity index (χ0n) is 15.9. The summed E-state index contributed by atoms with van der Waals surface area (Å²) >= 11 is 1.48. The van der Waals surface area contributed by atoms with Crippen molar-refractivity contribution in [1.82, 2.24) is 9.55 Å². The third kappa shape index (κ3) is 4.01. The van der Waals surface area contributed by atoms with Gasteiger partial charge >= 0.3 is 0 Å². The molecule has 0 spiro atoms. The van der Waals surface area contributed by atoms with Crippen LogP contribution >= 0.6 is 11.8 Å². The Hall–Kier alpha value is -2.08. The van der Waals surface area contributed by atoms with Crippen molar-refractivity contribution in [2.75, 3.05) is 11.1 Å². The highest BCUT2D eigenvalue weighted by molar-refractivity contribution is 7.99. The van der Waals surface area contributed by atoms with Gasteiger partial charge in [0.05, 0.1) is 11.6 Å². The van der Waals surface area contributed by atoms with Crippen LogP contribution < -0.4 is 10.9 Å². The van der Waals surface area contributed by atoms with Crippen LogP contribution in [-0.4, -0.2) is 21.2 Å². The van der Waals surface area contributed by atoms with Crippen LogP contribution in [0.4, 0.5) is 5.69 Å². The van der Waals surface area contributed by atoms with Crippen LogP contribution in [0.25, 0.3) is 0 Å². The lowest BCUT2D eigenvalue weighted by Crippen LogP contribution is -2.37. The van der Waals surface area contributed by atoms with Gasteiger partial charge < -0.3 is 5.32 Å². The fourth-order valence-electron chi connectivity index (χ4n) is 3.05. The van der Waals surface area contributed by atoms with Crippen molar-refractivity contribution in [3.8, 4) is 0 Å². The number of benzene rings is 1. The number of nitrogens with one attached hydrogen (secondary N) is 1. The minimum Gasteiger partial charge on any atom is -0.326 e. The molecule has 0 bridgehead atoms. The molecule has 6 heteroatoms. The molecule has 1 aliphatic heterocycles. The fourth-order valence-corrected chi connectivity index (χ4v) is 4.14. The molecule has 138 valence electrons. The first-order valence-electron chi connectivity index (χ1n) is 8.78. The Bertz CT molecular complexity index is 892. The monoisotopic (exact) mass is 371 g/mol. The van der Waals surface area contributed by atoms with Crippen molar-refractivity contribution >= 4 is 23.4 Å². The molecule has 0 saturated carbocycles. The summed E-state index contributed by atoms with van der Waals surface area (Å²) in [6, 6.07) is 7.57. The van der Waals surface area contributed by atoms with Gasteiger partial charge in [-0.05, 0) is 37.1 Å². The highest BCUT2D eigenvalue weighted by Crippen LogP contribution is 2.28. The van der Waals surface area contributed by atoms with Crippen LogP contribution in [0.1, 0.15) is 37.6 Å². The lowest BCUT2D eigenvalue weighted by atomic mass is 9.92. The van der Waals surface area contributed by atoms with E-state index in [1.165, 1.54) is 11.8 Å². The van der Waals surface area contributed by atoms with Crippen molar-refractivity contribution in [1.29, 1.82) is 0 Å². The molecule has 1 N–H and O–H groups in total. The number of fused-ring (bicyclic) bond motifs is 1. The van der Waals surface area contributed by atoms with Gasteiger partial charge in [-0.25, -0.2) is 4.98 Å². The third-order valence-corrected chi connectivity index (χ3v) is 5.56. The molecule has 26 heavy (non-hydrogen) atoms. The molecule has 1 aliphatic rings. The minimum atomic E-state index is -0.256. The number of nitrogens with zero attached hydrogens (tertiary/aromatic N) is 2. The number of aromatic nitrogens is 2. The number of thioether (sulfide) groups is 1. The smallest absolute Gasteiger partial charge is 0.254 e. The Kier molecular flexibility index (Phi) is 4.97. The molecule has 3 rings (SSSR count). The second kappa shape index (κ2) is 6.91. The van der Waals surface area contributed by atoms with Gasteiger partial charge in [0.2, 0.25) is 5.91 Å². The zero-order chi connectivity index (χ0) is 19.1. The molecular weight excluding hydrogens is 346 g/mol. The maximum absolute atomic E-state index is 12.7. The number of hydrogen-bond donors (Lipinski definition) is 1. The van der Waals surface area contributed by atoms with Gasteiger partial charge in [0, 0.05) is 29.5 Å². The van der Waals surface area contributed by atoms with Crippen molar-refractivity contribution < 1.29 is 4.79 Å². The topological polar surface area (TPSA) is 64.0 Å². The average Bonchev–Trinajstić information content (AvgIpc) is 2.52. The second-order valence-corrected chi connectivity index (χ2v) is 8.98. The van der Waals surface area contributed by atoms with Crippen LogP contribution in [0.5, 0.6) is 0 Å². The number of hydrogen-bond acceptors (Lipinski definition) is 4. The largest absolute Gasteiger partial charge is 0.326 e. The van der Waals surface area contributed by atoms with Gasteiger partial charge in [-0.2, -0.15) is 0 Å². The molecular formula is C20H25N3O2S. The molecule has 2 heterocycles. The van der Waals surface area contributed by atoms with Gasteiger partial charge in [0.1, 0.15) is 0 Å². The molecule has 1 unspecified atom stereocenters. The fraction of sp³-hybridized carbons (Fsp3) is 0.450. The van der Waals surface area contributed by atoms with Crippen LogP contribution in [0.2, 0.25) is 0 Å². The summed E-state index contributed by atoms with van der Waals surface area (Å²) in [4.78, 5) is 29.8. The summed E-state index contributed by atoms with van der Waals surface area (Å²) in [6.07, 6.45) is 0. The van der Waals surface area contributed by atoms with E-state index >= 15 is 0 Å². The Labute approximate surface area is 158 Å². The number of carbonyl (C=O) groups is 1. The van der Waals surface area contributed by atoms with E-state index in [4.69, 9.17) is 0 Å². The summed E-state index contributed by atoms with van der Waals surface area (Å²) in [5, 5.41) is 3.70. The number of rotatable bonds is 2. The lowest BCUT2D eigenvalue weighted by Gasteiger charge is -2.26. The first-order valence-corrected chi connectivity index (χ1v) is 9.76. The molecule has 1 aromatic carbocycles.